The van der Waals surface area contributed by atoms with E-state index in [1.165, 1.54) is 0 Å². The van der Waals surface area contributed by atoms with Crippen molar-refractivity contribution in [3.05, 3.63) is 124 Å². The average molecular weight is 518 g/mol. The van der Waals surface area contributed by atoms with Crippen LogP contribution in [0, 0.1) is 6.92 Å². The maximum absolute atomic E-state index is 13.8. The molecule has 0 fully saturated rings. The molecule has 0 bridgehead atoms. The highest BCUT2D eigenvalue weighted by molar-refractivity contribution is 7.08. The number of aryl methyl sites for hydroxylation is 1. The molecule has 5 aromatic rings. The number of carbonyl (C=O) groups excluding carboxylic acids is 2. The van der Waals surface area contributed by atoms with E-state index in [-0.39, 0.29) is 11.8 Å². The van der Waals surface area contributed by atoms with Gasteiger partial charge in [-0.1, -0.05) is 36.4 Å². The fraction of sp³-hybridized carbons (Fsp3) is 0.0645. The summed E-state index contributed by atoms with van der Waals surface area (Å²) in [7, 11) is 0. The number of thiophene rings is 1. The molecule has 1 aliphatic heterocycles. The first-order chi connectivity index (χ1) is 18.6. The van der Waals surface area contributed by atoms with Gasteiger partial charge in [0.2, 0.25) is 5.88 Å². The topological polar surface area (TPSA) is 71.5 Å². The zero-order valence-electron chi connectivity index (χ0n) is 20.5. The van der Waals surface area contributed by atoms with E-state index in [0.717, 1.165) is 22.3 Å². The molecule has 38 heavy (non-hydrogen) atoms. The van der Waals surface area contributed by atoms with Gasteiger partial charge < -0.3 is 15.0 Å². The van der Waals surface area contributed by atoms with Gasteiger partial charge in [-0.25, -0.2) is 4.98 Å². The van der Waals surface area contributed by atoms with Gasteiger partial charge in [-0.15, -0.1) is 0 Å². The SMILES string of the molecule is Cc1cc(NC(=O)c2ccccc2-c2ccsc2)ccc1C(=O)N1Cc2cccnc2Oc2ccccc21. The number of amides is 2. The van der Waals surface area contributed by atoms with Crippen LogP contribution in [-0.4, -0.2) is 16.8 Å². The van der Waals surface area contributed by atoms with Crippen LogP contribution >= 0.6 is 11.3 Å². The number of para-hydroxylation sites is 2. The standard InChI is InChI=1S/C31H23N3O3S/c1-20-17-23(33-29(35)26-9-3-2-8-25(26)22-14-16-38-19-22)12-13-24(20)31(36)34-18-21-7-6-15-32-30(21)37-28-11-5-4-10-27(28)34/h2-17,19H,18H2,1H3,(H,33,35). The average Bonchev–Trinajstić information content (AvgIpc) is 3.42. The molecule has 186 valence electrons. The van der Waals surface area contributed by atoms with Gasteiger partial charge in [0, 0.05) is 28.6 Å². The number of benzene rings is 3. The zero-order chi connectivity index (χ0) is 26.1. The first-order valence-corrected chi connectivity index (χ1v) is 13.1. The van der Waals surface area contributed by atoms with Crippen molar-refractivity contribution in [2.75, 3.05) is 10.2 Å². The maximum atomic E-state index is 13.8. The normalized spacial score (nSPS) is 12.1. The van der Waals surface area contributed by atoms with Crippen LogP contribution in [-0.2, 0) is 6.54 Å². The number of nitrogens with zero attached hydrogens (tertiary/aromatic N) is 2. The molecule has 0 spiro atoms. The van der Waals surface area contributed by atoms with Crippen LogP contribution in [0.5, 0.6) is 11.6 Å². The summed E-state index contributed by atoms with van der Waals surface area (Å²) in [5.41, 5.74) is 5.91. The van der Waals surface area contributed by atoms with Gasteiger partial charge in [0.05, 0.1) is 12.2 Å². The molecule has 0 saturated heterocycles. The minimum Gasteiger partial charge on any atom is -0.436 e. The highest BCUT2D eigenvalue weighted by Crippen LogP contribution is 2.38. The van der Waals surface area contributed by atoms with E-state index in [1.54, 1.807) is 34.6 Å². The number of carbonyl (C=O) groups is 2. The number of fused-ring (bicyclic) bond motifs is 2. The molecule has 1 aliphatic rings. The summed E-state index contributed by atoms with van der Waals surface area (Å²) in [6.07, 6.45) is 1.68. The molecule has 3 heterocycles. The van der Waals surface area contributed by atoms with Gasteiger partial charge in [-0.05, 0) is 82.9 Å². The van der Waals surface area contributed by atoms with E-state index >= 15 is 0 Å². The van der Waals surface area contributed by atoms with Gasteiger partial charge in [-0.3, -0.25) is 9.59 Å². The highest BCUT2D eigenvalue weighted by Gasteiger charge is 2.27. The molecule has 0 radical (unpaired) electrons. The third-order valence-electron chi connectivity index (χ3n) is 6.50. The highest BCUT2D eigenvalue weighted by atomic mass is 32.1. The van der Waals surface area contributed by atoms with E-state index in [2.05, 4.69) is 10.3 Å². The number of hydrogen-bond acceptors (Lipinski definition) is 5. The van der Waals surface area contributed by atoms with Crippen LogP contribution in [0.3, 0.4) is 0 Å². The minimum atomic E-state index is -0.201. The van der Waals surface area contributed by atoms with Crippen LogP contribution in [0.1, 0.15) is 31.8 Å². The van der Waals surface area contributed by atoms with Crippen molar-refractivity contribution in [3.8, 4) is 22.8 Å². The van der Waals surface area contributed by atoms with Crippen molar-refractivity contribution < 1.29 is 14.3 Å². The van der Waals surface area contributed by atoms with Crippen molar-refractivity contribution in [2.24, 2.45) is 0 Å². The van der Waals surface area contributed by atoms with Gasteiger partial charge in [0.15, 0.2) is 5.75 Å². The Morgan fingerprint density at radius 3 is 2.63 bits per heavy atom. The number of rotatable bonds is 4. The Morgan fingerprint density at radius 1 is 0.947 bits per heavy atom. The summed E-state index contributed by atoms with van der Waals surface area (Å²) in [5, 5.41) is 7.02. The molecule has 0 saturated carbocycles. The monoisotopic (exact) mass is 517 g/mol. The van der Waals surface area contributed by atoms with Crippen LogP contribution in [0.25, 0.3) is 11.1 Å². The third kappa shape index (κ3) is 4.44. The Labute approximate surface area is 224 Å². The molecule has 1 N–H and O–H groups in total. The van der Waals surface area contributed by atoms with Crippen molar-refractivity contribution in [1.29, 1.82) is 0 Å². The lowest BCUT2D eigenvalue weighted by Crippen LogP contribution is -2.30. The maximum Gasteiger partial charge on any atom is 0.258 e. The van der Waals surface area contributed by atoms with Crippen LogP contribution in [0.2, 0.25) is 0 Å². The molecule has 6 rings (SSSR count). The number of hydrogen-bond donors (Lipinski definition) is 1. The summed E-state index contributed by atoms with van der Waals surface area (Å²) < 4.78 is 6.04. The quantitative estimate of drug-likeness (QED) is 0.271. The number of aromatic nitrogens is 1. The number of anilines is 2. The Kier molecular flexibility index (Phi) is 6.19. The van der Waals surface area contributed by atoms with Crippen molar-refractivity contribution in [1.82, 2.24) is 4.98 Å². The first-order valence-electron chi connectivity index (χ1n) is 12.1. The summed E-state index contributed by atoms with van der Waals surface area (Å²) in [5.74, 6) is 0.709. The van der Waals surface area contributed by atoms with Gasteiger partial charge in [0.25, 0.3) is 11.8 Å². The lowest BCUT2D eigenvalue weighted by atomic mass is 10.0. The van der Waals surface area contributed by atoms with Crippen molar-refractivity contribution in [3.63, 3.8) is 0 Å². The second-order valence-electron chi connectivity index (χ2n) is 8.97. The zero-order valence-corrected chi connectivity index (χ0v) is 21.4. The third-order valence-corrected chi connectivity index (χ3v) is 7.19. The van der Waals surface area contributed by atoms with Crippen molar-refractivity contribution >= 4 is 34.5 Å². The second-order valence-corrected chi connectivity index (χ2v) is 9.75. The Morgan fingerprint density at radius 2 is 1.79 bits per heavy atom. The number of nitrogens with one attached hydrogen (secondary N) is 1. The summed E-state index contributed by atoms with van der Waals surface area (Å²) in [6.45, 7) is 2.20. The Bertz CT molecular complexity index is 1660. The van der Waals surface area contributed by atoms with E-state index in [4.69, 9.17) is 4.74 Å². The summed E-state index contributed by atoms with van der Waals surface area (Å²) in [6, 6.07) is 26.1. The molecule has 7 heteroatoms. The van der Waals surface area contributed by atoms with E-state index in [1.807, 2.05) is 90.5 Å². The molecular formula is C31H23N3O3S. The lowest BCUT2D eigenvalue weighted by molar-refractivity contribution is 0.0983. The Hall–Kier alpha value is -4.75. The van der Waals surface area contributed by atoms with E-state index in [0.29, 0.717) is 40.7 Å². The molecule has 0 aliphatic carbocycles. The predicted octanol–water partition coefficient (Wildman–Crippen LogP) is 7.32. The second kappa shape index (κ2) is 9.95. The summed E-state index contributed by atoms with van der Waals surface area (Å²) in [4.78, 5) is 33.1. The lowest BCUT2D eigenvalue weighted by Gasteiger charge is -2.23. The fourth-order valence-electron chi connectivity index (χ4n) is 4.62. The van der Waals surface area contributed by atoms with E-state index < -0.39 is 0 Å². The van der Waals surface area contributed by atoms with Crippen LogP contribution < -0.4 is 15.0 Å². The van der Waals surface area contributed by atoms with E-state index in [9.17, 15) is 9.59 Å². The Balaban J connectivity index is 1.28. The van der Waals surface area contributed by atoms with Crippen LogP contribution in [0.4, 0.5) is 11.4 Å². The molecule has 6 nitrogen and oxygen atoms in total. The first kappa shape index (κ1) is 23.6. The smallest absolute Gasteiger partial charge is 0.258 e. The molecule has 2 aromatic heterocycles. The minimum absolute atomic E-state index is 0.157. The van der Waals surface area contributed by atoms with Crippen LogP contribution in [0.15, 0.2) is 102 Å². The molecule has 0 atom stereocenters. The predicted molar refractivity (Wildman–Crippen MR) is 150 cm³/mol. The fourth-order valence-corrected chi connectivity index (χ4v) is 5.28. The number of pyridine rings is 1. The molecular weight excluding hydrogens is 494 g/mol. The van der Waals surface area contributed by atoms with Gasteiger partial charge in [-0.2, -0.15) is 11.3 Å². The largest absolute Gasteiger partial charge is 0.436 e. The van der Waals surface area contributed by atoms with Gasteiger partial charge in [0.1, 0.15) is 0 Å². The summed E-state index contributed by atoms with van der Waals surface area (Å²) >= 11 is 1.59. The molecule has 2 amide bonds. The van der Waals surface area contributed by atoms with Crippen molar-refractivity contribution in [2.45, 2.75) is 13.5 Å². The number of ether oxygens (including phenoxy) is 1. The molecule has 3 aromatic carbocycles. The van der Waals surface area contributed by atoms with Gasteiger partial charge >= 0.3 is 0 Å². The molecule has 0 unspecified atom stereocenters.